The minimum absolute atomic E-state index is 0.316. The van der Waals surface area contributed by atoms with Crippen LogP contribution in [0.15, 0.2) is 48.5 Å². The van der Waals surface area contributed by atoms with Crippen LogP contribution in [-0.2, 0) is 6.54 Å². The van der Waals surface area contributed by atoms with Crippen LogP contribution in [0, 0.1) is 0 Å². The third kappa shape index (κ3) is 3.72. The lowest BCUT2D eigenvalue weighted by Gasteiger charge is -2.25. The molecule has 0 aliphatic heterocycles. The minimum Gasteiger partial charge on any atom is -0.399 e. The Morgan fingerprint density at radius 1 is 1.16 bits per heavy atom. The number of rotatable bonds is 4. The molecule has 2 aromatic carbocycles. The second kappa shape index (κ2) is 6.09. The number of nitrogens with zero attached hydrogens (tertiary/aromatic N) is 1. The monoisotopic (exact) mass is 274 g/mol. The molecule has 100 valence electrons. The van der Waals surface area contributed by atoms with Crippen LogP contribution in [-0.4, -0.2) is 11.9 Å². The van der Waals surface area contributed by atoms with Crippen LogP contribution in [0.2, 0.25) is 5.02 Å². The number of benzene rings is 2. The Balaban J connectivity index is 2.07. The van der Waals surface area contributed by atoms with Gasteiger partial charge in [-0.15, -0.1) is 0 Å². The molecule has 0 saturated heterocycles. The lowest BCUT2D eigenvalue weighted by molar-refractivity contribution is 0.253. The van der Waals surface area contributed by atoms with Crippen LogP contribution in [0.25, 0.3) is 0 Å². The van der Waals surface area contributed by atoms with E-state index in [4.69, 9.17) is 17.3 Å². The quantitative estimate of drug-likeness (QED) is 0.850. The van der Waals surface area contributed by atoms with Crippen LogP contribution in [0.4, 0.5) is 5.69 Å². The maximum atomic E-state index is 6.04. The first-order chi connectivity index (χ1) is 9.06. The topological polar surface area (TPSA) is 29.3 Å². The van der Waals surface area contributed by atoms with Gasteiger partial charge in [-0.25, -0.2) is 0 Å². The Hall–Kier alpha value is -1.51. The summed E-state index contributed by atoms with van der Waals surface area (Å²) in [6, 6.07) is 16.3. The summed E-state index contributed by atoms with van der Waals surface area (Å²) in [7, 11) is 2.11. The third-order valence-corrected chi connectivity index (χ3v) is 3.64. The molecule has 2 N–H and O–H groups in total. The largest absolute Gasteiger partial charge is 0.399 e. The molecule has 0 spiro atoms. The van der Waals surface area contributed by atoms with Gasteiger partial charge in [-0.05, 0) is 49.4 Å². The molecule has 0 heterocycles. The highest BCUT2D eigenvalue weighted by Crippen LogP contribution is 2.23. The van der Waals surface area contributed by atoms with E-state index >= 15 is 0 Å². The average Bonchev–Trinajstić information content (AvgIpc) is 2.40. The first kappa shape index (κ1) is 13.9. The molecule has 0 radical (unpaired) electrons. The van der Waals surface area contributed by atoms with Crippen molar-refractivity contribution in [2.45, 2.75) is 19.5 Å². The molecule has 1 unspecified atom stereocenters. The van der Waals surface area contributed by atoms with E-state index in [0.717, 1.165) is 17.3 Å². The molecule has 0 aliphatic carbocycles. The summed E-state index contributed by atoms with van der Waals surface area (Å²) in [5, 5.41) is 0.783. The van der Waals surface area contributed by atoms with Crippen LogP contribution >= 0.6 is 11.6 Å². The van der Waals surface area contributed by atoms with Crippen LogP contribution in [0.5, 0.6) is 0 Å². The van der Waals surface area contributed by atoms with Gasteiger partial charge in [0.2, 0.25) is 0 Å². The summed E-state index contributed by atoms with van der Waals surface area (Å²) in [5.41, 5.74) is 8.98. The predicted octanol–water partition coefficient (Wildman–Crippen LogP) is 4.12. The van der Waals surface area contributed by atoms with Gasteiger partial charge in [0.15, 0.2) is 0 Å². The molecule has 0 fully saturated rings. The number of nitrogen functional groups attached to an aromatic ring is 1. The zero-order chi connectivity index (χ0) is 13.8. The highest BCUT2D eigenvalue weighted by molar-refractivity contribution is 6.30. The van der Waals surface area contributed by atoms with E-state index in [1.165, 1.54) is 11.1 Å². The molecular weight excluding hydrogens is 256 g/mol. The van der Waals surface area contributed by atoms with E-state index in [2.05, 4.69) is 37.1 Å². The van der Waals surface area contributed by atoms with E-state index in [1.807, 2.05) is 30.3 Å². The van der Waals surface area contributed by atoms with Gasteiger partial charge in [0.25, 0.3) is 0 Å². The van der Waals surface area contributed by atoms with E-state index in [1.54, 1.807) is 0 Å². The highest BCUT2D eigenvalue weighted by Gasteiger charge is 2.12. The molecular formula is C16H19ClN2. The standard InChI is InChI=1S/C16H19ClN2/c1-12(14-4-3-5-15(17)10-14)19(2)11-13-6-8-16(18)9-7-13/h3-10,12H,11,18H2,1-2H3. The molecule has 0 aromatic heterocycles. The highest BCUT2D eigenvalue weighted by atomic mass is 35.5. The summed E-state index contributed by atoms with van der Waals surface area (Å²) in [6.45, 7) is 3.07. The fraction of sp³-hybridized carbons (Fsp3) is 0.250. The van der Waals surface area contributed by atoms with Crippen molar-refractivity contribution >= 4 is 17.3 Å². The second-order valence-electron chi connectivity index (χ2n) is 4.89. The average molecular weight is 275 g/mol. The third-order valence-electron chi connectivity index (χ3n) is 3.40. The van der Waals surface area contributed by atoms with Gasteiger partial charge >= 0.3 is 0 Å². The van der Waals surface area contributed by atoms with Crippen LogP contribution in [0.3, 0.4) is 0 Å². The van der Waals surface area contributed by atoms with Gasteiger partial charge in [-0.2, -0.15) is 0 Å². The van der Waals surface area contributed by atoms with Crippen molar-refractivity contribution in [1.29, 1.82) is 0 Å². The van der Waals surface area contributed by atoms with Crippen molar-refractivity contribution in [2.24, 2.45) is 0 Å². The van der Waals surface area contributed by atoms with Crippen molar-refractivity contribution in [3.05, 3.63) is 64.7 Å². The first-order valence-electron chi connectivity index (χ1n) is 6.36. The summed E-state index contributed by atoms with van der Waals surface area (Å²) in [6.07, 6.45) is 0. The Morgan fingerprint density at radius 2 is 1.84 bits per heavy atom. The molecule has 3 heteroatoms. The molecule has 0 saturated carbocycles. The molecule has 2 rings (SSSR count). The fourth-order valence-electron chi connectivity index (χ4n) is 2.07. The molecule has 2 nitrogen and oxygen atoms in total. The zero-order valence-corrected chi connectivity index (χ0v) is 12.1. The molecule has 1 atom stereocenters. The van der Waals surface area contributed by atoms with Gasteiger partial charge in [-0.1, -0.05) is 35.9 Å². The van der Waals surface area contributed by atoms with Gasteiger partial charge < -0.3 is 5.73 Å². The second-order valence-corrected chi connectivity index (χ2v) is 5.32. The fourth-order valence-corrected chi connectivity index (χ4v) is 2.27. The van der Waals surface area contributed by atoms with Gasteiger partial charge in [0.1, 0.15) is 0 Å². The summed E-state index contributed by atoms with van der Waals surface area (Å²) in [4.78, 5) is 2.29. The number of halogens is 1. The molecule has 2 aromatic rings. The smallest absolute Gasteiger partial charge is 0.0409 e. The Kier molecular flexibility index (Phi) is 4.46. The molecule has 19 heavy (non-hydrogen) atoms. The van der Waals surface area contributed by atoms with Crippen LogP contribution in [0.1, 0.15) is 24.1 Å². The van der Waals surface area contributed by atoms with E-state index in [-0.39, 0.29) is 0 Å². The zero-order valence-electron chi connectivity index (χ0n) is 11.3. The van der Waals surface area contributed by atoms with E-state index < -0.39 is 0 Å². The Labute approximate surface area is 119 Å². The minimum atomic E-state index is 0.316. The first-order valence-corrected chi connectivity index (χ1v) is 6.74. The number of hydrogen-bond acceptors (Lipinski definition) is 2. The summed E-state index contributed by atoms with van der Waals surface area (Å²) < 4.78 is 0. The maximum Gasteiger partial charge on any atom is 0.0409 e. The SMILES string of the molecule is CC(c1cccc(Cl)c1)N(C)Cc1ccc(N)cc1. The normalized spacial score (nSPS) is 12.6. The Bertz CT molecular complexity index is 537. The maximum absolute atomic E-state index is 6.04. The molecule has 0 amide bonds. The van der Waals surface area contributed by atoms with Crippen molar-refractivity contribution in [2.75, 3.05) is 12.8 Å². The number of anilines is 1. The van der Waals surface area contributed by atoms with Crippen molar-refractivity contribution in [3.8, 4) is 0 Å². The molecule has 0 bridgehead atoms. The number of nitrogens with two attached hydrogens (primary N) is 1. The van der Waals surface area contributed by atoms with E-state index in [9.17, 15) is 0 Å². The van der Waals surface area contributed by atoms with Gasteiger partial charge in [0, 0.05) is 23.3 Å². The number of hydrogen-bond donors (Lipinski definition) is 1. The summed E-state index contributed by atoms with van der Waals surface area (Å²) >= 11 is 6.04. The van der Waals surface area contributed by atoms with Crippen molar-refractivity contribution in [3.63, 3.8) is 0 Å². The van der Waals surface area contributed by atoms with Crippen molar-refractivity contribution < 1.29 is 0 Å². The lowest BCUT2D eigenvalue weighted by atomic mass is 10.1. The van der Waals surface area contributed by atoms with Crippen molar-refractivity contribution in [1.82, 2.24) is 4.90 Å². The predicted molar refractivity (Wildman–Crippen MR) is 82.2 cm³/mol. The summed E-state index contributed by atoms with van der Waals surface area (Å²) in [5.74, 6) is 0. The Morgan fingerprint density at radius 3 is 2.47 bits per heavy atom. The molecule has 0 aliphatic rings. The van der Waals surface area contributed by atoms with Crippen LogP contribution < -0.4 is 5.73 Å². The van der Waals surface area contributed by atoms with E-state index in [0.29, 0.717) is 6.04 Å². The lowest BCUT2D eigenvalue weighted by Crippen LogP contribution is -2.21. The van der Waals surface area contributed by atoms with Gasteiger partial charge in [0.05, 0.1) is 0 Å². The van der Waals surface area contributed by atoms with Gasteiger partial charge in [-0.3, -0.25) is 4.90 Å².